The molecule has 0 aliphatic carbocycles. The van der Waals surface area contributed by atoms with Gasteiger partial charge in [-0.3, -0.25) is 9.69 Å². The van der Waals surface area contributed by atoms with E-state index >= 15 is 0 Å². The fraction of sp³-hybridized carbons (Fsp3) is 0.524. The molecule has 0 atom stereocenters. The number of hydrogen-bond donors (Lipinski definition) is 1. The molecule has 1 aromatic heterocycles. The Balaban J connectivity index is 1.55. The number of hydrogen-bond acceptors (Lipinski definition) is 3. The number of likely N-dealkylation sites (tertiary alicyclic amines) is 1. The molecule has 2 aromatic rings. The van der Waals surface area contributed by atoms with Crippen LogP contribution in [-0.4, -0.2) is 51.9 Å². The molecule has 5 nitrogen and oxygen atoms in total. The van der Waals surface area contributed by atoms with Gasteiger partial charge in [0, 0.05) is 31.7 Å². The summed E-state index contributed by atoms with van der Waals surface area (Å²) in [5.74, 6) is -0.652. The van der Waals surface area contributed by atoms with Crippen LogP contribution in [0.4, 0.5) is 4.39 Å². The first-order chi connectivity index (χ1) is 13.2. The third-order valence-electron chi connectivity index (χ3n) is 6.16. The van der Waals surface area contributed by atoms with Crippen LogP contribution in [0.1, 0.15) is 54.4 Å². The summed E-state index contributed by atoms with van der Waals surface area (Å²) in [6.45, 7) is 5.55. The van der Waals surface area contributed by atoms with Crippen molar-refractivity contribution in [2.45, 2.75) is 44.6 Å². The maximum absolute atomic E-state index is 14.0. The minimum Gasteiger partial charge on any atom is -0.348 e. The number of imidazole rings is 1. The number of carbonyl (C=O) groups excluding carboxylic acids is 1. The SMILES string of the molecule is CCCCN1CCc2[nH]cnc2C12CCN(C(=O)c1ccccc1F)CC2. The smallest absolute Gasteiger partial charge is 0.256 e. The molecule has 144 valence electrons. The maximum atomic E-state index is 14.0. The van der Waals surface area contributed by atoms with E-state index in [1.807, 2.05) is 0 Å². The van der Waals surface area contributed by atoms with E-state index < -0.39 is 5.82 Å². The molecule has 1 spiro atoms. The Morgan fingerprint density at radius 2 is 2.04 bits per heavy atom. The second kappa shape index (κ2) is 7.43. The second-order valence-electron chi connectivity index (χ2n) is 7.62. The highest BCUT2D eigenvalue weighted by Gasteiger charge is 2.46. The molecule has 0 saturated carbocycles. The molecule has 1 amide bonds. The molecule has 0 unspecified atom stereocenters. The number of halogens is 1. The number of nitrogens with zero attached hydrogens (tertiary/aromatic N) is 3. The lowest BCUT2D eigenvalue weighted by Crippen LogP contribution is -2.57. The molecular weight excluding hydrogens is 343 g/mol. The number of unbranched alkanes of at least 4 members (excludes halogenated alkanes) is 1. The molecule has 0 radical (unpaired) electrons. The summed E-state index contributed by atoms with van der Waals surface area (Å²) in [5.41, 5.74) is 2.45. The summed E-state index contributed by atoms with van der Waals surface area (Å²) >= 11 is 0. The van der Waals surface area contributed by atoms with Crippen LogP contribution in [0.2, 0.25) is 0 Å². The van der Waals surface area contributed by atoms with E-state index in [-0.39, 0.29) is 17.0 Å². The zero-order valence-electron chi connectivity index (χ0n) is 15.9. The predicted molar refractivity (Wildman–Crippen MR) is 102 cm³/mol. The lowest BCUT2D eigenvalue weighted by atomic mass is 9.78. The van der Waals surface area contributed by atoms with Crippen LogP contribution in [0.5, 0.6) is 0 Å². The summed E-state index contributed by atoms with van der Waals surface area (Å²) in [6.07, 6.45) is 6.81. The zero-order valence-corrected chi connectivity index (χ0v) is 15.9. The lowest BCUT2D eigenvalue weighted by Gasteiger charge is -2.50. The molecule has 0 bridgehead atoms. The van der Waals surface area contributed by atoms with Crippen molar-refractivity contribution < 1.29 is 9.18 Å². The number of carbonyl (C=O) groups is 1. The molecule has 6 heteroatoms. The maximum Gasteiger partial charge on any atom is 0.256 e. The molecule has 3 heterocycles. The minimum absolute atomic E-state index is 0.102. The van der Waals surface area contributed by atoms with Gasteiger partial charge >= 0.3 is 0 Å². The highest BCUT2D eigenvalue weighted by Crippen LogP contribution is 2.42. The summed E-state index contributed by atoms with van der Waals surface area (Å²) < 4.78 is 14.0. The number of amides is 1. The van der Waals surface area contributed by atoms with Crippen molar-refractivity contribution in [1.82, 2.24) is 19.8 Å². The molecular formula is C21H27FN4O. The van der Waals surface area contributed by atoms with Gasteiger partial charge in [-0.05, 0) is 37.9 Å². The second-order valence-corrected chi connectivity index (χ2v) is 7.62. The molecule has 1 aromatic carbocycles. The molecule has 1 N–H and O–H groups in total. The third kappa shape index (κ3) is 3.16. The summed E-state index contributed by atoms with van der Waals surface area (Å²) in [4.78, 5) is 25.1. The standard InChI is InChI=1S/C21H27FN4O/c1-2-3-11-26-12-8-18-19(24-15-23-18)21(26)9-13-25(14-10-21)20(27)16-6-4-5-7-17(16)22/h4-7,15H,2-3,8-14H2,1H3,(H,23,24). The van der Waals surface area contributed by atoms with Crippen molar-refractivity contribution in [2.24, 2.45) is 0 Å². The Labute approximate surface area is 159 Å². The van der Waals surface area contributed by atoms with Crippen molar-refractivity contribution in [3.63, 3.8) is 0 Å². The molecule has 27 heavy (non-hydrogen) atoms. The number of rotatable bonds is 4. The van der Waals surface area contributed by atoms with E-state index in [2.05, 4.69) is 21.8 Å². The van der Waals surface area contributed by atoms with Crippen molar-refractivity contribution in [1.29, 1.82) is 0 Å². The average molecular weight is 370 g/mol. The summed E-state index contributed by atoms with van der Waals surface area (Å²) in [6, 6.07) is 6.25. The molecule has 1 saturated heterocycles. The number of aromatic nitrogens is 2. The Morgan fingerprint density at radius 1 is 1.26 bits per heavy atom. The molecule has 2 aliphatic rings. The van der Waals surface area contributed by atoms with Crippen molar-refractivity contribution in [3.8, 4) is 0 Å². The molecule has 2 aliphatic heterocycles. The van der Waals surface area contributed by atoms with Gasteiger partial charge in [0.1, 0.15) is 5.82 Å². The van der Waals surface area contributed by atoms with E-state index in [9.17, 15) is 9.18 Å². The normalized spacial score (nSPS) is 19.3. The highest BCUT2D eigenvalue weighted by atomic mass is 19.1. The summed E-state index contributed by atoms with van der Waals surface area (Å²) in [5, 5.41) is 0. The third-order valence-corrected chi connectivity index (χ3v) is 6.16. The van der Waals surface area contributed by atoms with Crippen LogP contribution < -0.4 is 0 Å². The minimum atomic E-state index is -0.445. The average Bonchev–Trinajstić information content (AvgIpc) is 3.18. The largest absolute Gasteiger partial charge is 0.348 e. The molecule has 1 fully saturated rings. The Morgan fingerprint density at radius 3 is 2.78 bits per heavy atom. The fourth-order valence-electron chi connectivity index (χ4n) is 4.64. The van der Waals surface area contributed by atoms with Gasteiger partial charge in [-0.2, -0.15) is 0 Å². The van der Waals surface area contributed by atoms with Gasteiger partial charge in [0.2, 0.25) is 0 Å². The van der Waals surface area contributed by atoms with Crippen molar-refractivity contribution in [3.05, 3.63) is 53.4 Å². The zero-order chi connectivity index (χ0) is 18.9. The number of nitrogens with one attached hydrogen (secondary N) is 1. The van der Waals surface area contributed by atoms with Crippen LogP contribution in [-0.2, 0) is 12.0 Å². The van der Waals surface area contributed by atoms with E-state index in [1.54, 1.807) is 29.4 Å². The van der Waals surface area contributed by atoms with Crippen LogP contribution in [0, 0.1) is 5.82 Å². The van der Waals surface area contributed by atoms with Crippen LogP contribution >= 0.6 is 0 Å². The Kier molecular flexibility index (Phi) is 5.00. The van der Waals surface area contributed by atoms with Crippen molar-refractivity contribution >= 4 is 5.91 Å². The van der Waals surface area contributed by atoms with Gasteiger partial charge in [-0.25, -0.2) is 9.37 Å². The van der Waals surface area contributed by atoms with Gasteiger partial charge in [-0.15, -0.1) is 0 Å². The van der Waals surface area contributed by atoms with Crippen LogP contribution in [0.25, 0.3) is 0 Å². The number of H-pyrrole nitrogens is 1. The van der Waals surface area contributed by atoms with E-state index in [4.69, 9.17) is 0 Å². The first-order valence-electron chi connectivity index (χ1n) is 9.97. The van der Waals surface area contributed by atoms with E-state index in [0.29, 0.717) is 13.1 Å². The number of piperidine rings is 1. The molecule has 4 rings (SSSR count). The first-order valence-corrected chi connectivity index (χ1v) is 9.97. The van der Waals surface area contributed by atoms with Gasteiger partial charge in [0.05, 0.1) is 23.1 Å². The number of fused-ring (bicyclic) bond motifs is 2. The van der Waals surface area contributed by atoms with Gasteiger partial charge in [0.25, 0.3) is 5.91 Å². The quantitative estimate of drug-likeness (QED) is 0.898. The predicted octanol–water partition coefficient (Wildman–Crippen LogP) is 3.34. The van der Waals surface area contributed by atoms with Crippen molar-refractivity contribution in [2.75, 3.05) is 26.2 Å². The number of aromatic amines is 1. The summed E-state index contributed by atoms with van der Waals surface area (Å²) in [7, 11) is 0. The van der Waals surface area contributed by atoms with E-state index in [0.717, 1.165) is 44.5 Å². The fourth-order valence-corrected chi connectivity index (χ4v) is 4.64. The topological polar surface area (TPSA) is 52.2 Å². The van der Waals surface area contributed by atoms with E-state index in [1.165, 1.54) is 18.2 Å². The first kappa shape index (κ1) is 18.2. The van der Waals surface area contributed by atoms with Gasteiger partial charge < -0.3 is 9.88 Å². The van der Waals surface area contributed by atoms with Crippen LogP contribution in [0.3, 0.4) is 0 Å². The van der Waals surface area contributed by atoms with Gasteiger partial charge in [-0.1, -0.05) is 25.5 Å². The number of benzene rings is 1. The Hall–Kier alpha value is -2.21. The van der Waals surface area contributed by atoms with Gasteiger partial charge in [0.15, 0.2) is 0 Å². The monoisotopic (exact) mass is 370 g/mol. The lowest BCUT2D eigenvalue weighted by molar-refractivity contribution is 0.00618. The highest BCUT2D eigenvalue weighted by molar-refractivity contribution is 5.94. The van der Waals surface area contributed by atoms with Crippen LogP contribution in [0.15, 0.2) is 30.6 Å². The Bertz CT molecular complexity index is 810.